The van der Waals surface area contributed by atoms with Crippen molar-refractivity contribution in [1.29, 1.82) is 0 Å². The van der Waals surface area contributed by atoms with E-state index in [-0.39, 0.29) is 23.9 Å². The fourth-order valence-corrected chi connectivity index (χ4v) is 3.50. The van der Waals surface area contributed by atoms with E-state index in [0.29, 0.717) is 10.6 Å². The third-order valence-corrected chi connectivity index (χ3v) is 5.42. The van der Waals surface area contributed by atoms with E-state index in [1.54, 1.807) is 53.3 Å². The molecule has 2 aromatic carbocycles. The molecule has 3 aromatic rings. The largest absolute Gasteiger partial charge is 0.351 e. The number of sulfonamides is 1. The van der Waals surface area contributed by atoms with E-state index in [4.69, 9.17) is 11.6 Å². The Bertz CT molecular complexity index is 1020. The lowest BCUT2D eigenvalue weighted by Gasteiger charge is -2.07. The highest BCUT2D eigenvalue weighted by Gasteiger charge is 2.13. The molecule has 27 heavy (non-hydrogen) atoms. The maximum atomic E-state index is 12.2. The van der Waals surface area contributed by atoms with Gasteiger partial charge < -0.3 is 5.32 Å². The molecular weight excluding hydrogens is 388 g/mol. The Labute approximate surface area is 162 Å². The molecule has 0 fully saturated rings. The van der Waals surface area contributed by atoms with Crippen molar-refractivity contribution in [3.8, 4) is 5.69 Å². The summed E-state index contributed by atoms with van der Waals surface area (Å²) < 4.78 is 28.2. The monoisotopic (exact) mass is 404 g/mol. The SMILES string of the molecule is O=C(NCCNS(=O)(=O)c1ccccc1)c1cnn(-c2ccc(Cl)cc2)c1. The van der Waals surface area contributed by atoms with E-state index in [1.165, 1.54) is 18.3 Å². The van der Waals surface area contributed by atoms with Gasteiger partial charge in [-0.3, -0.25) is 4.79 Å². The van der Waals surface area contributed by atoms with Crippen molar-refractivity contribution < 1.29 is 13.2 Å². The van der Waals surface area contributed by atoms with Gasteiger partial charge in [-0.15, -0.1) is 0 Å². The lowest BCUT2D eigenvalue weighted by atomic mass is 10.3. The fraction of sp³-hybridized carbons (Fsp3) is 0.111. The van der Waals surface area contributed by atoms with Crippen LogP contribution in [0.5, 0.6) is 0 Å². The molecule has 0 atom stereocenters. The van der Waals surface area contributed by atoms with Crippen molar-refractivity contribution in [1.82, 2.24) is 19.8 Å². The normalized spacial score (nSPS) is 11.3. The number of hydrogen-bond donors (Lipinski definition) is 2. The summed E-state index contributed by atoms with van der Waals surface area (Å²) in [5, 5.41) is 7.41. The van der Waals surface area contributed by atoms with Gasteiger partial charge in [0.15, 0.2) is 0 Å². The van der Waals surface area contributed by atoms with Gasteiger partial charge in [0.2, 0.25) is 10.0 Å². The van der Waals surface area contributed by atoms with Crippen LogP contribution in [0.2, 0.25) is 5.02 Å². The first-order valence-electron chi connectivity index (χ1n) is 8.09. The number of carbonyl (C=O) groups is 1. The minimum atomic E-state index is -3.59. The zero-order chi connectivity index (χ0) is 19.3. The predicted octanol–water partition coefficient (Wildman–Crippen LogP) is 2.23. The minimum Gasteiger partial charge on any atom is -0.351 e. The highest BCUT2D eigenvalue weighted by Crippen LogP contribution is 2.13. The number of hydrogen-bond acceptors (Lipinski definition) is 4. The van der Waals surface area contributed by atoms with Crippen molar-refractivity contribution in [2.45, 2.75) is 4.90 Å². The summed E-state index contributed by atoms with van der Waals surface area (Å²) in [5.41, 5.74) is 1.14. The molecule has 9 heteroatoms. The van der Waals surface area contributed by atoms with Crippen molar-refractivity contribution in [3.05, 3.63) is 77.6 Å². The summed E-state index contributed by atoms with van der Waals surface area (Å²) >= 11 is 5.85. The molecule has 1 amide bonds. The average molecular weight is 405 g/mol. The van der Waals surface area contributed by atoms with Gasteiger partial charge in [0.25, 0.3) is 5.91 Å². The zero-order valence-electron chi connectivity index (χ0n) is 14.2. The number of halogens is 1. The molecule has 0 saturated carbocycles. The second kappa shape index (κ2) is 8.34. The second-order valence-electron chi connectivity index (χ2n) is 5.62. The molecular formula is C18H17ClN4O3S. The lowest BCUT2D eigenvalue weighted by Crippen LogP contribution is -2.34. The lowest BCUT2D eigenvalue weighted by molar-refractivity contribution is 0.0954. The van der Waals surface area contributed by atoms with Gasteiger partial charge in [0.05, 0.1) is 22.3 Å². The molecule has 3 rings (SSSR count). The Morgan fingerprint density at radius 1 is 1.04 bits per heavy atom. The molecule has 0 aliphatic carbocycles. The third-order valence-electron chi connectivity index (χ3n) is 3.69. The van der Waals surface area contributed by atoms with E-state index < -0.39 is 10.0 Å². The maximum absolute atomic E-state index is 12.2. The number of nitrogens with one attached hydrogen (secondary N) is 2. The van der Waals surface area contributed by atoms with Gasteiger partial charge in [0.1, 0.15) is 0 Å². The molecule has 0 aliphatic heterocycles. The van der Waals surface area contributed by atoms with Crippen LogP contribution in [0.15, 0.2) is 71.9 Å². The smallest absolute Gasteiger partial charge is 0.254 e. The number of rotatable bonds is 7. The highest BCUT2D eigenvalue weighted by molar-refractivity contribution is 7.89. The van der Waals surface area contributed by atoms with Crippen LogP contribution in [0.4, 0.5) is 0 Å². The Morgan fingerprint density at radius 3 is 2.44 bits per heavy atom. The van der Waals surface area contributed by atoms with Gasteiger partial charge in [-0.2, -0.15) is 5.10 Å². The summed E-state index contributed by atoms with van der Waals surface area (Å²) in [6.45, 7) is 0.227. The van der Waals surface area contributed by atoms with E-state index in [9.17, 15) is 13.2 Å². The van der Waals surface area contributed by atoms with Crippen molar-refractivity contribution in [2.24, 2.45) is 0 Å². The highest BCUT2D eigenvalue weighted by atomic mass is 35.5. The molecule has 0 spiro atoms. The number of benzene rings is 2. The number of aromatic nitrogens is 2. The first-order chi connectivity index (χ1) is 13.0. The van der Waals surface area contributed by atoms with E-state index in [1.807, 2.05) is 0 Å². The van der Waals surface area contributed by atoms with Crippen molar-refractivity contribution in [3.63, 3.8) is 0 Å². The van der Waals surface area contributed by atoms with Crippen LogP contribution in [-0.4, -0.2) is 37.2 Å². The predicted molar refractivity (Wildman–Crippen MR) is 103 cm³/mol. The van der Waals surface area contributed by atoms with Gasteiger partial charge in [-0.05, 0) is 36.4 Å². The number of nitrogens with zero attached hydrogens (tertiary/aromatic N) is 2. The van der Waals surface area contributed by atoms with Gasteiger partial charge in [-0.1, -0.05) is 29.8 Å². The molecule has 0 bridgehead atoms. The van der Waals surface area contributed by atoms with Crippen molar-refractivity contribution >= 4 is 27.5 Å². The van der Waals surface area contributed by atoms with Crippen LogP contribution in [-0.2, 0) is 10.0 Å². The zero-order valence-corrected chi connectivity index (χ0v) is 15.7. The van der Waals surface area contributed by atoms with Crippen LogP contribution < -0.4 is 10.0 Å². The average Bonchev–Trinajstić information content (AvgIpc) is 3.17. The number of carbonyl (C=O) groups excluding carboxylic acids is 1. The molecule has 1 aromatic heterocycles. The van der Waals surface area contributed by atoms with Crippen LogP contribution in [0, 0.1) is 0 Å². The summed E-state index contributed by atoms with van der Waals surface area (Å²) in [6.07, 6.45) is 3.03. The van der Waals surface area contributed by atoms with Gasteiger partial charge in [-0.25, -0.2) is 17.8 Å². The first-order valence-corrected chi connectivity index (χ1v) is 9.95. The van der Waals surface area contributed by atoms with Crippen LogP contribution >= 0.6 is 11.6 Å². The number of amides is 1. The standard InChI is InChI=1S/C18H17ClN4O3S/c19-15-6-8-16(9-7-15)23-13-14(12-21-23)18(24)20-10-11-22-27(25,26)17-4-2-1-3-5-17/h1-9,12-13,22H,10-11H2,(H,20,24). The summed E-state index contributed by atoms with van der Waals surface area (Å²) in [4.78, 5) is 12.4. The van der Waals surface area contributed by atoms with E-state index in [2.05, 4.69) is 15.1 Å². The summed E-state index contributed by atoms with van der Waals surface area (Å²) in [6, 6.07) is 15.1. The third kappa shape index (κ3) is 4.94. The Hall–Kier alpha value is -2.68. The molecule has 0 unspecified atom stereocenters. The molecule has 7 nitrogen and oxygen atoms in total. The van der Waals surface area contributed by atoms with Gasteiger partial charge >= 0.3 is 0 Å². The second-order valence-corrected chi connectivity index (χ2v) is 7.82. The van der Waals surface area contributed by atoms with Crippen LogP contribution in [0.1, 0.15) is 10.4 Å². The Balaban J connectivity index is 1.52. The topological polar surface area (TPSA) is 93.1 Å². The molecule has 1 heterocycles. The van der Waals surface area contributed by atoms with E-state index in [0.717, 1.165) is 5.69 Å². The summed E-state index contributed by atoms with van der Waals surface area (Å²) in [7, 11) is -3.59. The molecule has 0 saturated heterocycles. The molecule has 140 valence electrons. The summed E-state index contributed by atoms with van der Waals surface area (Å²) in [5.74, 6) is -0.339. The minimum absolute atomic E-state index is 0.0777. The molecule has 0 aliphatic rings. The fourth-order valence-electron chi connectivity index (χ4n) is 2.32. The molecule has 2 N–H and O–H groups in total. The molecule has 0 radical (unpaired) electrons. The van der Waals surface area contributed by atoms with Gasteiger partial charge in [0, 0.05) is 24.3 Å². The maximum Gasteiger partial charge on any atom is 0.254 e. The van der Waals surface area contributed by atoms with Crippen LogP contribution in [0.3, 0.4) is 0 Å². The Kier molecular flexibility index (Phi) is 5.90. The Morgan fingerprint density at radius 2 is 1.74 bits per heavy atom. The van der Waals surface area contributed by atoms with Crippen LogP contribution in [0.25, 0.3) is 5.69 Å². The van der Waals surface area contributed by atoms with E-state index >= 15 is 0 Å². The first kappa shape index (κ1) is 19.1. The van der Waals surface area contributed by atoms with Crippen molar-refractivity contribution in [2.75, 3.05) is 13.1 Å². The quantitative estimate of drug-likeness (QED) is 0.590.